The second kappa shape index (κ2) is 10.3. The van der Waals surface area contributed by atoms with Crippen molar-refractivity contribution < 1.29 is 0 Å². The van der Waals surface area contributed by atoms with E-state index < -0.39 is 0 Å². The second-order valence-corrected chi connectivity index (χ2v) is 10.9. The topological polar surface area (TPSA) is 74.8 Å². The molecular formula is C39H29N5. The summed E-state index contributed by atoms with van der Waals surface area (Å²) in [6.45, 7) is 0. The maximum atomic E-state index is 7.17. The summed E-state index contributed by atoms with van der Waals surface area (Å²) in [6.07, 6.45) is 1.79. The van der Waals surface area contributed by atoms with Crippen LogP contribution >= 0.6 is 0 Å². The number of nitrogens with zero attached hydrogens (tertiary/aromatic N) is 3. The third-order valence-corrected chi connectivity index (χ3v) is 8.36. The zero-order chi connectivity index (χ0) is 29.6. The van der Waals surface area contributed by atoms with Crippen molar-refractivity contribution in [2.45, 2.75) is 0 Å². The van der Waals surface area contributed by atoms with Crippen LogP contribution in [0.5, 0.6) is 0 Å². The lowest BCUT2D eigenvalue weighted by Crippen LogP contribution is -2.07. The van der Waals surface area contributed by atoms with E-state index >= 15 is 0 Å². The SMILES string of the molecule is Nc1c(-c2c(N)c3ncccc3n2-c2ccccc2-c2ccccc2)n(-c2ccccc2-c2ccccc2)c2ccccc12. The van der Waals surface area contributed by atoms with Crippen molar-refractivity contribution in [1.29, 1.82) is 0 Å². The molecule has 0 saturated carbocycles. The summed E-state index contributed by atoms with van der Waals surface area (Å²) in [5.74, 6) is 0. The van der Waals surface area contributed by atoms with Gasteiger partial charge in [0.15, 0.2) is 0 Å². The first-order chi connectivity index (χ1) is 21.7. The minimum absolute atomic E-state index is 0.580. The number of pyridine rings is 1. The average molecular weight is 568 g/mol. The van der Waals surface area contributed by atoms with Crippen LogP contribution in [-0.2, 0) is 0 Å². The summed E-state index contributed by atoms with van der Waals surface area (Å²) in [5, 5.41) is 0.964. The Balaban J connectivity index is 1.53. The van der Waals surface area contributed by atoms with E-state index in [-0.39, 0.29) is 0 Å². The first-order valence-electron chi connectivity index (χ1n) is 14.7. The van der Waals surface area contributed by atoms with Gasteiger partial charge in [0, 0.05) is 22.7 Å². The molecule has 0 spiro atoms. The number of benzene rings is 5. The third kappa shape index (κ3) is 3.91. The Hall–Kier alpha value is -6.07. The van der Waals surface area contributed by atoms with Crippen LogP contribution in [0.3, 0.4) is 0 Å². The molecule has 0 aliphatic heterocycles. The minimum Gasteiger partial charge on any atom is -0.396 e. The maximum Gasteiger partial charge on any atom is 0.112 e. The van der Waals surface area contributed by atoms with Gasteiger partial charge >= 0.3 is 0 Å². The molecule has 4 N–H and O–H groups in total. The summed E-state index contributed by atoms with van der Waals surface area (Å²) < 4.78 is 4.49. The molecule has 3 heterocycles. The van der Waals surface area contributed by atoms with Crippen LogP contribution in [0.4, 0.5) is 11.4 Å². The molecule has 0 aliphatic carbocycles. The van der Waals surface area contributed by atoms with Gasteiger partial charge in [-0.05, 0) is 41.5 Å². The third-order valence-electron chi connectivity index (χ3n) is 8.36. The number of para-hydroxylation sites is 3. The van der Waals surface area contributed by atoms with Crippen molar-refractivity contribution in [2.75, 3.05) is 11.5 Å². The highest BCUT2D eigenvalue weighted by Gasteiger charge is 2.28. The zero-order valence-corrected chi connectivity index (χ0v) is 23.9. The molecule has 8 rings (SSSR count). The molecule has 0 unspecified atom stereocenters. The largest absolute Gasteiger partial charge is 0.396 e. The summed E-state index contributed by atoms with van der Waals surface area (Å²) >= 11 is 0. The molecule has 0 saturated heterocycles. The van der Waals surface area contributed by atoms with Crippen LogP contribution in [0.2, 0.25) is 0 Å². The predicted molar refractivity (Wildman–Crippen MR) is 183 cm³/mol. The molecule has 5 heteroatoms. The number of nitrogens with two attached hydrogens (primary N) is 2. The van der Waals surface area contributed by atoms with E-state index in [1.807, 2.05) is 24.3 Å². The molecule has 5 nitrogen and oxygen atoms in total. The maximum absolute atomic E-state index is 7.17. The molecule has 210 valence electrons. The monoisotopic (exact) mass is 567 g/mol. The van der Waals surface area contributed by atoms with Crippen LogP contribution < -0.4 is 11.5 Å². The van der Waals surface area contributed by atoms with Gasteiger partial charge in [-0.1, -0.05) is 115 Å². The van der Waals surface area contributed by atoms with E-state index in [0.717, 1.165) is 67.0 Å². The van der Waals surface area contributed by atoms with Gasteiger partial charge in [0.2, 0.25) is 0 Å². The number of hydrogen-bond donors (Lipinski definition) is 2. The number of hydrogen-bond acceptors (Lipinski definition) is 3. The van der Waals surface area contributed by atoms with Crippen molar-refractivity contribution >= 4 is 33.3 Å². The lowest BCUT2D eigenvalue weighted by atomic mass is 10.0. The fraction of sp³-hybridized carbons (Fsp3) is 0. The van der Waals surface area contributed by atoms with Crippen LogP contribution in [0.25, 0.3) is 67.0 Å². The molecule has 0 amide bonds. The molecule has 3 aromatic heterocycles. The van der Waals surface area contributed by atoms with Crippen molar-refractivity contribution in [2.24, 2.45) is 0 Å². The van der Waals surface area contributed by atoms with Crippen LogP contribution in [0.1, 0.15) is 0 Å². The number of aromatic nitrogens is 3. The average Bonchev–Trinajstić information content (AvgIpc) is 3.55. The molecular weight excluding hydrogens is 538 g/mol. The Morgan fingerprint density at radius 1 is 0.432 bits per heavy atom. The first-order valence-corrected chi connectivity index (χ1v) is 14.7. The summed E-state index contributed by atoms with van der Waals surface area (Å²) in [5.41, 5.74) is 26.3. The van der Waals surface area contributed by atoms with E-state index in [1.54, 1.807) is 6.20 Å². The first kappa shape index (κ1) is 25.6. The van der Waals surface area contributed by atoms with E-state index in [4.69, 9.17) is 16.5 Å². The Bertz CT molecular complexity index is 2130. The quantitative estimate of drug-likeness (QED) is 0.218. The zero-order valence-electron chi connectivity index (χ0n) is 23.9. The Kier molecular flexibility index (Phi) is 6.02. The van der Waals surface area contributed by atoms with Gasteiger partial charge < -0.3 is 20.6 Å². The van der Waals surface area contributed by atoms with Gasteiger partial charge in [0.25, 0.3) is 0 Å². The van der Waals surface area contributed by atoms with Crippen LogP contribution in [0, 0.1) is 0 Å². The highest BCUT2D eigenvalue weighted by Crippen LogP contribution is 2.47. The van der Waals surface area contributed by atoms with Crippen LogP contribution in [0.15, 0.2) is 152 Å². The number of anilines is 2. The Morgan fingerprint density at radius 2 is 0.909 bits per heavy atom. The van der Waals surface area contributed by atoms with Gasteiger partial charge in [0.05, 0.1) is 45.2 Å². The predicted octanol–water partition coefficient (Wildman–Crippen LogP) is 9.13. The van der Waals surface area contributed by atoms with Crippen molar-refractivity contribution in [3.05, 3.63) is 152 Å². The smallest absolute Gasteiger partial charge is 0.112 e. The molecule has 0 radical (unpaired) electrons. The fourth-order valence-electron chi connectivity index (χ4n) is 6.43. The van der Waals surface area contributed by atoms with E-state index in [0.29, 0.717) is 11.4 Å². The minimum atomic E-state index is 0.580. The van der Waals surface area contributed by atoms with Gasteiger partial charge in [-0.25, -0.2) is 0 Å². The fourth-order valence-corrected chi connectivity index (χ4v) is 6.43. The van der Waals surface area contributed by atoms with Crippen molar-refractivity contribution in [1.82, 2.24) is 14.1 Å². The highest BCUT2D eigenvalue weighted by atomic mass is 15.1. The number of fused-ring (bicyclic) bond motifs is 2. The van der Waals surface area contributed by atoms with Gasteiger partial charge in [-0.3, -0.25) is 4.98 Å². The van der Waals surface area contributed by atoms with Crippen molar-refractivity contribution in [3.63, 3.8) is 0 Å². The molecule has 0 aliphatic rings. The van der Waals surface area contributed by atoms with E-state index in [2.05, 4.69) is 130 Å². The summed E-state index contributed by atoms with van der Waals surface area (Å²) in [7, 11) is 0. The molecule has 5 aromatic carbocycles. The molecule has 44 heavy (non-hydrogen) atoms. The lowest BCUT2D eigenvalue weighted by molar-refractivity contribution is 1.07. The standard InChI is InChI=1S/C39H29N5/c40-35-30-20-9-12-23-33(30)43(31-21-10-7-18-28(31)26-14-3-1-4-15-26)38(35)39-36(41)37-34(24-13-25-42-37)44(39)32-22-11-8-19-29(32)27-16-5-2-6-17-27/h1-25H,40-41H2. The molecule has 0 bridgehead atoms. The van der Waals surface area contributed by atoms with Crippen LogP contribution in [-0.4, -0.2) is 14.1 Å². The second-order valence-electron chi connectivity index (χ2n) is 10.9. The highest BCUT2D eigenvalue weighted by molar-refractivity contribution is 6.09. The molecule has 0 fully saturated rings. The summed E-state index contributed by atoms with van der Waals surface area (Å²) in [4.78, 5) is 4.77. The van der Waals surface area contributed by atoms with E-state index in [1.165, 1.54) is 0 Å². The summed E-state index contributed by atoms with van der Waals surface area (Å²) in [6, 6.07) is 50.1. The molecule has 8 aromatic rings. The van der Waals surface area contributed by atoms with Gasteiger partial charge in [-0.2, -0.15) is 0 Å². The number of nitrogen functional groups attached to an aromatic ring is 2. The van der Waals surface area contributed by atoms with Gasteiger partial charge in [0.1, 0.15) is 5.52 Å². The Morgan fingerprint density at radius 3 is 1.55 bits per heavy atom. The lowest BCUT2D eigenvalue weighted by Gasteiger charge is -2.20. The normalized spacial score (nSPS) is 11.4. The number of rotatable bonds is 5. The van der Waals surface area contributed by atoms with Gasteiger partial charge in [-0.15, -0.1) is 0 Å². The van der Waals surface area contributed by atoms with E-state index in [9.17, 15) is 0 Å². The molecule has 0 atom stereocenters. The Labute approximate surface area is 255 Å². The van der Waals surface area contributed by atoms with Crippen molar-refractivity contribution in [3.8, 4) is 45.0 Å².